The second kappa shape index (κ2) is 4.31. The van der Waals surface area contributed by atoms with Crippen molar-refractivity contribution in [3.63, 3.8) is 0 Å². The van der Waals surface area contributed by atoms with E-state index in [4.69, 9.17) is 10.5 Å². The Balaban J connectivity index is 2.20. The van der Waals surface area contributed by atoms with Gasteiger partial charge >= 0.3 is 0 Å². The van der Waals surface area contributed by atoms with Crippen molar-refractivity contribution in [3.05, 3.63) is 24.3 Å². The summed E-state index contributed by atoms with van der Waals surface area (Å²) < 4.78 is 5.25. The first kappa shape index (κ1) is 9.98. The number of anilines is 2. The molecular formula is C11H14N2O2. The third-order valence-electron chi connectivity index (χ3n) is 2.55. The number of ether oxygens (including phenoxy) is 1. The normalized spacial score (nSPS) is 21.3. The lowest BCUT2D eigenvalue weighted by atomic mass is 10.2. The second-order valence-electron chi connectivity index (χ2n) is 3.56. The van der Waals surface area contributed by atoms with Crippen molar-refractivity contribution >= 4 is 17.7 Å². The first-order chi connectivity index (χ1) is 7.31. The van der Waals surface area contributed by atoms with Gasteiger partial charge in [0.1, 0.15) is 12.3 Å². The Bertz CT molecular complexity index is 337. The maximum Gasteiger partial charge on any atom is 0.144 e. The van der Waals surface area contributed by atoms with Gasteiger partial charge < -0.3 is 20.2 Å². The largest absolute Gasteiger partial charge is 0.399 e. The van der Waals surface area contributed by atoms with E-state index in [-0.39, 0.29) is 6.04 Å². The van der Waals surface area contributed by atoms with Gasteiger partial charge in [0, 0.05) is 17.9 Å². The highest BCUT2D eigenvalue weighted by Gasteiger charge is 2.22. The van der Waals surface area contributed by atoms with Gasteiger partial charge in [-0.1, -0.05) is 0 Å². The summed E-state index contributed by atoms with van der Waals surface area (Å²) in [5.74, 6) is 0. The fourth-order valence-corrected chi connectivity index (χ4v) is 1.72. The molecule has 15 heavy (non-hydrogen) atoms. The predicted octanol–water partition coefficient (Wildman–Crippen LogP) is 0.673. The van der Waals surface area contributed by atoms with Crippen molar-refractivity contribution in [2.45, 2.75) is 6.04 Å². The third-order valence-corrected chi connectivity index (χ3v) is 2.55. The smallest absolute Gasteiger partial charge is 0.144 e. The minimum Gasteiger partial charge on any atom is -0.399 e. The van der Waals surface area contributed by atoms with E-state index in [9.17, 15) is 4.79 Å². The van der Waals surface area contributed by atoms with Crippen LogP contribution in [0.4, 0.5) is 11.4 Å². The molecular weight excluding hydrogens is 192 g/mol. The van der Waals surface area contributed by atoms with Gasteiger partial charge in [0.05, 0.1) is 13.2 Å². The molecule has 0 unspecified atom stereocenters. The molecule has 80 valence electrons. The number of nitrogens with two attached hydrogens (primary N) is 1. The molecule has 0 aromatic heterocycles. The minimum absolute atomic E-state index is 0.178. The van der Waals surface area contributed by atoms with E-state index in [1.54, 1.807) is 0 Å². The summed E-state index contributed by atoms with van der Waals surface area (Å²) in [6.45, 7) is 1.87. The number of carbonyl (C=O) groups excluding carboxylic acids is 1. The molecule has 1 aromatic carbocycles. The Morgan fingerprint density at radius 3 is 2.80 bits per heavy atom. The number of morpholine rings is 1. The summed E-state index contributed by atoms with van der Waals surface area (Å²) in [7, 11) is 0. The summed E-state index contributed by atoms with van der Waals surface area (Å²) in [5, 5.41) is 0. The monoisotopic (exact) mass is 206 g/mol. The lowest BCUT2D eigenvalue weighted by molar-refractivity contribution is -0.111. The standard InChI is InChI=1S/C11H14N2O2/c12-9-1-3-10(4-2-9)13-5-6-15-8-11(13)7-14/h1-4,7,11H,5-6,8,12H2/t11-/m0/s1. The molecule has 0 bridgehead atoms. The number of aldehydes is 1. The van der Waals surface area contributed by atoms with Crippen LogP contribution in [0.5, 0.6) is 0 Å². The third kappa shape index (κ3) is 2.10. The van der Waals surface area contributed by atoms with Crippen molar-refractivity contribution in [1.82, 2.24) is 0 Å². The molecule has 4 heteroatoms. The van der Waals surface area contributed by atoms with E-state index in [2.05, 4.69) is 0 Å². The molecule has 2 rings (SSSR count). The zero-order valence-corrected chi connectivity index (χ0v) is 8.43. The van der Waals surface area contributed by atoms with Gasteiger partial charge in [-0.15, -0.1) is 0 Å². The highest BCUT2D eigenvalue weighted by molar-refractivity contribution is 5.67. The van der Waals surface area contributed by atoms with Gasteiger partial charge in [0.15, 0.2) is 0 Å². The van der Waals surface area contributed by atoms with Crippen LogP contribution in [0.1, 0.15) is 0 Å². The van der Waals surface area contributed by atoms with Crippen LogP contribution in [-0.4, -0.2) is 32.1 Å². The van der Waals surface area contributed by atoms with Gasteiger partial charge in [0.25, 0.3) is 0 Å². The van der Waals surface area contributed by atoms with Gasteiger partial charge in [-0.2, -0.15) is 0 Å². The summed E-state index contributed by atoms with van der Waals surface area (Å²) in [6.07, 6.45) is 0.926. The van der Waals surface area contributed by atoms with Gasteiger partial charge in [-0.25, -0.2) is 0 Å². The Morgan fingerprint density at radius 1 is 1.40 bits per heavy atom. The molecule has 0 spiro atoms. The van der Waals surface area contributed by atoms with E-state index < -0.39 is 0 Å². The number of benzene rings is 1. The fourth-order valence-electron chi connectivity index (χ4n) is 1.72. The van der Waals surface area contributed by atoms with Crippen molar-refractivity contribution in [2.75, 3.05) is 30.4 Å². The molecule has 1 aromatic rings. The van der Waals surface area contributed by atoms with Crippen LogP contribution in [0, 0.1) is 0 Å². The maximum absolute atomic E-state index is 10.9. The molecule has 1 atom stereocenters. The quantitative estimate of drug-likeness (QED) is 0.571. The highest BCUT2D eigenvalue weighted by Crippen LogP contribution is 2.20. The number of nitrogens with zero attached hydrogens (tertiary/aromatic N) is 1. The summed E-state index contributed by atoms with van der Waals surface area (Å²) in [6, 6.07) is 7.36. The number of rotatable bonds is 2. The van der Waals surface area contributed by atoms with Gasteiger partial charge in [0.2, 0.25) is 0 Å². The molecule has 1 heterocycles. The van der Waals surface area contributed by atoms with Crippen LogP contribution >= 0.6 is 0 Å². The Hall–Kier alpha value is -1.55. The zero-order valence-electron chi connectivity index (χ0n) is 8.43. The molecule has 1 aliphatic rings. The average Bonchev–Trinajstić information content (AvgIpc) is 2.30. The minimum atomic E-state index is -0.178. The Morgan fingerprint density at radius 2 is 2.13 bits per heavy atom. The Kier molecular flexibility index (Phi) is 2.87. The van der Waals surface area contributed by atoms with E-state index in [1.165, 1.54) is 0 Å². The highest BCUT2D eigenvalue weighted by atomic mass is 16.5. The molecule has 0 saturated carbocycles. The van der Waals surface area contributed by atoms with Gasteiger partial charge in [-0.05, 0) is 24.3 Å². The van der Waals surface area contributed by atoms with Crippen molar-refractivity contribution < 1.29 is 9.53 Å². The number of nitrogen functional groups attached to an aromatic ring is 1. The van der Waals surface area contributed by atoms with Crippen LogP contribution in [0.3, 0.4) is 0 Å². The molecule has 1 fully saturated rings. The van der Waals surface area contributed by atoms with E-state index in [1.807, 2.05) is 29.2 Å². The molecule has 2 N–H and O–H groups in total. The SMILES string of the molecule is Nc1ccc(N2CCOC[C@@H]2C=O)cc1. The lowest BCUT2D eigenvalue weighted by Gasteiger charge is -2.34. The number of hydrogen-bond acceptors (Lipinski definition) is 4. The van der Waals surface area contributed by atoms with Crippen LogP contribution in [-0.2, 0) is 9.53 Å². The fraction of sp³-hybridized carbons (Fsp3) is 0.364. The average molecular weight is 206 g/mol. The topological polar surface area (TPSA) is 55.6 Å². The summed E-state index contributed by atoms with van der Waals surface area (Å²) in [5.41, 5.74) is 7.36. The summed E-state index contributed by atoms with van der Waals surface area (Å²) >= 11 is 0. The van der Waals surface area contributed by atoms with Crippen LogP contribution in [0.25, 0.3) is 0 Å². The number of carbonyl (C=O) groups is 1. The lowest BCUT2D eigenvalue weighted by Crippen LogP contribution is -2.46. The van der Waals surface area contributed by atoms with E-state index >= 15 is 0 Å². The number of hydrogen-bond donors (Lipinski definition) is 1. The van der Waals surface area contributed by atoms with Crippen molar-refractivity contribution in [2.24, 2.45) is 0 Å². The molecule has 1 saturated heterocycles. The molecule has 1 aliphatic heterocycles. The van der Waals surface area contributed by atoms with Crippen LogP contribution in [0.2, 0.25) is 0 Å². The Labute approximate surface area is 88.6 Å². The molecule has 0 radical (unpaired) electrons. The molecule has 4 nitrogen and oxygen atoms in total. The van der Waals surface area contributed by atoms with E-state index in [0.717, 1.165) is 24.2 Å². The van der Waals surface area contributed by atoms with Crippen molar-refractivity contribution in [3.8, 4) is 0 Å². The van der Waals surface area contributed by atoms with Crippen LogP contribution in [0.15, 0.2) is 24.3 Å². The van der Waals surface area contributed by atoms with Crippen LogP contribution < -0.4 is 10.6 Å². The maximum atomic E-state index is 10.9. The van der Waals surface area contributed by atoms with E-state index in [0.29, 0.717) is 13.2 Å². The predicted molar refractivity (Wildman–Crippen MR) is 58.9 cm³/mol. The molecule has 0 amide bonds. The van der Waals surface area contributed by atoms with Crippen molar-refractivity contribution in [1.29, 1.82) is 0 Å². The van der Waals surface area contributed by atoms with Gasteiger partial charge in [-0.3, -0.25) is 0 Å². The first-order valence-electron chi connectivity index (χ1n) is 4.96. The molecule has 0 aliphatic carbocycles. The first-order valence-corrected chi connectivity index (χ1v) is 4.96. The summed E-state index contributed by atoms with van der Waals surface area (Å²) in [4.78, 5) is 12.9. The second-order valence-corrected chi connectivity index (χ2v) is 3.56. The zero-order chi connectivity index (χ0) is 10.7.